The van der Waals surface area contributed by atoms with Gasteiger partial charge >= 0.3 is 12.4 Å². The number of rotatable bonds is 10. The molecule has 0 saturated heterocycles. The second-order valence-electron chi connectivity index (χ2n) is 10.7. The second-order valence-corrected chi connectivity index (χ2v) is 10.7. The lowest BCUT2D eigenvalue weighted by molar-refractivity contribution is -0.143. The molecule has 4 aromatic rings. The van der Waals surface area contributed by atoms with E-state index in [2.05, 4.69) is 38.6 Å². The molecule has 0 saturated carbocycles. The Morgan fingerprint density at radius 2 is 1.54 bits per heavy atom. The molecule has 0 aliphatic carbocycles. The van der Waals surface area contributed by atoms with Gasteiger partial charge in [0.25, 0.3) is 0 Å². The van der Waals surface area contributed by atoms with Crippen LogP contribution in [0.3, 0.4) is 0 Å². The van der Waals surface area contributed by atoms with Crippen LogP contribution in [0.5, 0.6) is 0 Å². The van der Waals surface area contributed by atoms with Gasteiger partial charge in [0.2, 0.25) is 0 Å². The minimum Gasteiger partial charge on any atom is -0.351 e. The minimum absolute atomic E-state index is 0.145. The molecule has 0 fully saturated rings. The molecule has 1 aromatic heterocycles. The Bertz CT molecular complexity index is 1650. The summed E-state index contributed by atoms with van der Waals surface area (Å²) in [5, 5.41) is 5.03. The first-order valence-corrected chi connectivity index (χ1v) is 15.8. The summed E-state index contributed by atoms with van der Waals surface area (Å²) in [5.41, 5.74) is 0.373. The predicted molar refractivity (Wildman–Crippen MR) is 185 cm³/mol. The van der Waals surface area contributed by atoms with Crippen molar-refractivity contribution in [3.8, 4) is 0 Å². The van der Waals surface area contributed by atoms with Crippen LogP contribution < -0.4 is 0 Å². The van der Waals surface area contributed by atoms with Crippen molar-refractivity contribution in [2.45, 2.75) is 60.1 Å². The van der Waals surface area contributed by atoms with Crippen molar-refractivity contribution in [2.24, 2.45) is 4.99 Å². The maximum Gasteiger partial charge on any atom is 0.416 e. The van der Waals surface area contributed by atoms with E-state index >= 15 is 0 Å². The number of alkyl halides is 6. The van der Waals surface area contributed by atoms with E-state index in [1.54, 1.807) is 12.3 Å². The predicted octanol–water partition coefficient (Wildman–Crippen LogP) is 10.2. The number of hydrogen-bond donors (Lipinski definition) is 0. The van der Waals surface area contributed by atoms with Gasteiger partial charge in [-0.1, -0.05) is 76.7 Å². The largest absolute Gasteiger partial charge is 0.416 e. The molecular formula is C37H45F6N5. The molecule has 48 heavy (non-hydrogen) atoms. The molecule has 0 aliphatic rings. The van der Waals surface area contributed by atoms with Gasteiger partial charge in [0.15, 0.2) is 0 Å². The Hall–Kier alpha value is -4.38. The third kappa shape index (κ3) is 11.4. The van der Waals surface area contributed by atoms with Crippen LogP contribution in [0.15, 0.2) is 96.3 Å². The number of nitrogens with zero attached hydrogens (tertiary/aromatic N) is 5. The Morgan fingerprint density at radius 3 is 2.12 bits per heavy atom. The number of aromatic nitrogens is 2. The van der Waals surface area contributed by atoms with Crippen LogP contribution >= 0.6 is 0 Å². The van der Waals surface area contributed by atoms with E-state index in [4.69, 9.17) is 0 Å². The second kappa shape index (κ2) is 18.2. The summed E-state index contributed by atoms with van der Waals surface area (Å²) < 4.78 is 81.5. The van der Waals surface area contributed by atoms with E-state index in [-0.39, 0.29) is 18.2 Å². The van der Waals surface area contributed by atoms with Crippen LogP contribution in [-0.2, 0) is 25.4 Å². The maximum atomic E-state index is 13.7. The molecule has 1 heterocycles. The highest BCUT2D eigenvalue weighted by Gasteiger charge is 2.38. The summed E-state index contributed by atoms with van der Waals surface area (Å²) in [6.45, 7) is 15.6. The van der Waals surface area contributed by atoms with Crippen molar-refractivity contribution in [3.05, 3.63) is 119 Å². The van der Waals surface area contributed by atoms with Crippen molar-refractivity contribution in [1.29, 1.82) is 0 Å². The number of hydrogen-bond acceptors (Lipinski definition) is 3. The van der Waals surface area contributed by atoms with Crippen LogP contribution in [0.2, 0.25) is 0 Å². The van der Waals surface area contributed by atoms with Gasteiger partial charge in [0.05, 0.1) is 23.2 Å². The molecule has 0 amide bonds. The number of likely N-dealkylation sites (N-methyl/N-ethyl adjacent to an activating group) is 1. The highest BCUT2D eigenvalue weighted by Crippen LogP contribution is 2.37. The van der Waals surface area contributed by atoms with Crippen LogP contribution in [0.1, 0.15) is 62.4 Å². The topological polar surface area (TPSA) is 36.7 Å². The Balaban J connectivity index is 0.00000193. The van der Waals surface area contributed by atoms with Gasteiger partial charge in [-0.2, -0.15) is 31.4 Å². The summed E-state index contributed by atoms with van der Waals surface area (Å²) in [4.78, 5) is 8.87. The third-order valence-electron chi connectivity index (χ3n) is 6.93. The summed E-state index contributed by atoms with van der Waals surface area (Å²) in [5.74, 6) is 0.753. The number of benzene rings is 3. The van der Waals surface area contributed by atoms with Crippen LogP contribution in [0.25, 0.3) is 17.0 Å². The van der Waals surface area contributed by atoms with E-state index in [0.717, 1.165) is 41.7 Å². The average Bonchev–Trinajstić information content (AvgIpc) is 3.45. The normalized spacial score (nSPS) is 12.3. The lowest BCUT2D eigenvalue weighted by atomic mass is 10.0. The standard InChI is InChI=1S/C33H33F6N5.2C2H6/c1-5-40-31(43(16-15-42(3)4)20-24-9-7-6-8-10-24)23(2)17-25-11-14-30-27(18-25)22-44(41-30)21-26-12-13-28(32(34,35)36)19-29(26)33(37,38)39;2*1-2/h5-14,17-19,22H,1,15-16,20-21H2,2-4H3;2*1-2H3/b23-17+,40-31?;;. The van der Waals surface area contributed by atoms with Crippen molar-refractivity contribution in [3.63, 3.8) is 0 Å². The van der Waals surface area contributed by atoms with Gasteiger partial charge in [-0.05, 0) is 73.6 Å². The quantitative estimate of drug-likeness (QED) is 0.0955. The fraction of sp³-hybridized carbons (Fsp3) is 0.351. The Morgan fingerprint density at radius 1 is 0.875 bits per heavy atom. The van der Waals surface area contributed by atoms with E-state index in [1.165, 1.54) is 10.9 Å². The minimum atomic E-state index is -4.95. The fourth-order valence-corrected chi connectivity index (χ4v) is 4.81. The van der Waals surface area contributed by atoms with Gasteiger partial charge in [0, 0.05) is 37.4 Å². The maximum absolute atomic E-state index is 13.7. The molecular weight excluding hydrogens is 628 g/mol. The monoisotopic (exact) mass is 673 g/mol. The molecule has 0 aliphatic heterocycles. The van der Waals surface area contributed by atoms with E-state index < -0.39 is 23.5 Å². The number of halogens is 6. The molecule has 11 heteroatoms. The SMILES string of the molecule is C=CN=C(/C(C)=C/c1ccc2nn(Cc3ccc(C(F)(F)F)cc3C(F)(F)F)cc2c1)N(CCN(C)C)Cc1ccccc1.CC.CC. The first kappa shape index (κ1) is 39.8. The summed E-state index contributed by atoms with van der Waals surface area (Å²) >= 11 is 0. The lowest BCUT2D eigenvalue weighted by Gasteiger charge is -2.28. The van der Waals surface area contributed by atoms with Crippen LogP contribution in [-0.4, -0.2) is 52.6 Å². The van der Waals surface area contributed by atoms with Crippen LogP contribution in [0, 0.1) is 0 Å². The average molecular weight is 674 g/mol. The summed E-state index contributed by atoms with van der Waals surface area (Å²) in [7, 11) is 4.01. The molecule has 0 radical (unpaired) electrons. The molecule has 3 aromatic carbocycles. The fourth-order valence-electron chi connectivity index (χ4n) is 4.81. The molecule has 5 nitrogen and oxygen atoms in total. The zero-order valence-electron chi connectivity index (χ0n) is 28.6. The number of aliphatic imine (C=N–C) groups is 1. The summed E-state index contributed by atoms with van der Waals surface area (Å²) in [6.07, 6.45) is -4.79. The molecule has 4 rings (SSSR count). The zero-order valence-corrected chi connectivity index (χ0v) is 28.6. The summed E-state index contributed by atoms with van der Waals surface area (Å²) in [6, 6.07) is 17.2. The first-order chi connectivity index (χ1) is 22.7. The van der Waals surface area contributed by atoms with Gasteiger partial charge in [0.1, 0.15) is 5.84 Å². The number of amidine groups is 1. The van der Waals surface area contributed by atoms with Gasteiger partial charge in [-0.3, -0.25) is 4.68 Å². The van der Waals surface area contributed by atoms with Crippen molar-refractivity contribution in [1.82, 2.24) is 19.6 Å². The smallest absolute Gasteiger partial charge is 0.351 e. The van der Waals surface area contributed by atoms with Crippen molar-refractivity contribution < 1.29 is 26.3 Å². The Kier molecular flexibility index (Phi) is 15.1. The molecule has 260 valence electrons. The van der Waals surface area contributed by atoms with E-state index in [0.29, 0.717) is 23.5 Å². The highest BCUT2D eigenvalue weighted by atomic mass is 19.4. The van der Waals surface area contributed by atoms with Gasteiger partial charge in [-0.15, -0.1) is 0 Å². The van der Waals surface area contributed by atoms with E-state index in [1.807, 2.05) is 85.1 Å². The molecule has 0 bridgehead atoms. The third-order valence-corrected chi connectivity index (χ3v) is 6.93. The molecule has 0 atom stereocenters. The highest BCUT2D eigenvalue weighted by molar-refractivity contribution is 6.02. The Labute approximate surface area is 279 Å². The van der Waals surface area contributed by atoms with E-state index in [9.17, 15) is 26.3 Å². The van der Waals surface area contributed by atoms with Gasteiger partial charge < -0.3 is 9.80 Å². The molecule has 0 spiro atoms. The molecule has 0 unspecified atom stereocenters. The van der Waals surface area contributed by atoms with Crippen molar-refractivity contribution in [2.75, 3.05) is 27.2 Å². The lowest BCUT2D eigenvalue weighted by Crippen LogP contribution is -2.36. The number of fused-ring (bicyclic) bond motifs is 1. The first-order valence-electron chi connectivity index (χ1n) is 15.8. The zero-order chi connectivity index (χ0) is 36.1. The van der Waals surface area contributed by atoms with Crippen LogP contribution in [0.4, 0.5) is 26.3 Å². The van der Waals surface area contributed by atoms with Gasteiger partial charge in [-0.25, -0.2) is 4.99 Å². The molecule has 0 N–H and O–H groups in total. The van der Waals surface area contributed by atoms with Crippen molar-refractivity contribution >= 4 is 22.8 Å².